The summed E-state index contributed by atoms with van der Waals surface area (Å²) in [7, 11) is 0. The van der Waals surface area contributed by atoms with E-state index >= 15 is 0 Å². The second-order valence-electron chi connectivity index (χ2n) is 2.24. The smallest absolute Gasteiger partial charge is 0.0698 e. The van der Waals surface area contributed by atoms with E-state index in [1.807, 2.05) is 0 Å². The highest BCUT2D eigenvalue weighted by atomic mass is 35.5. The van der Waals surface area contributed by atoms with Gasteiger partial charge in [-0.3, -0.25) is 0 Å². The highest BCUT2D eigenvalue weighted by Gasteiger charge is 2.19. The zero-order valence-electron chi connectivity index (χ0n) is 5.31. The van der Waals surface area contributed by atoms with Crippen molar-refractivity contribution in [1.29, 1.82) is 0 Å². The number of halogens is 2. The van der Waals surface area contributed by atoms with Gasteiger partial charge < -0.3 is 5.11 Å². The minimum absolute atomic E-state index is 0. The second kappa shape index (κ2) is 3.54. The summed E-state index contributed by atoms with van der Waals surface area (Å²) in [5.74, 6) is 0. The molecule has 0 rings (SSSR count). The SMILES string of the molecule is CC(O)C(C)(C)Cl.Cl. The summed E-state index contributed by atoms with van der Waals surface area (Å²) in [6.07, 6.45) is -0.436. The summed E-state index contributed by atoms with van der Waals surface area (Å²) < 4.78 is 0. The third-order valence-corrected chi connectivity index (χ3v) is 1.31. The van der Waals surface area contributed by atoms with Crippen LogP contribution in [0.5, 0.6) is 0 Å². The van der Waals surface area contributed by atoms with Crippen LogP contribution in [0.4, 0.5) is 0 Å². The van der Waals surface area contributed by atoms with E-state index in [1.165, 1.54) is 0 Å². The molecule has 0 aromatic carbocycles. The van der Waals surface area contributed by atoms with Crippen LogP contribution in [0.25, 0.3) is 0 Å². The highest BCUT2D eigenvalue weighted by Crippen LogP contribution is 2.16. The van der Waals surface area contributed by atoms with Crippen LogP contribution in [0.2, 0.25) is 0 Å². The summed E-state index contributed by atoms with van der Waals surface area (Å²) in [4.78, 5) is -0.472. The van der Waals surface area contributed by atoms with Crippen LogP contribution in [0.3, 0.4) is 0 Å². The van der Waals surface area contributed by atoms with Crippen LogP contribution in [0.15, 0.2) is 0 Å². The molecule has 0 spiro atoms. The standard InChI is InChI=1S/C5H11ClO.ClH/c1-4(7)5(2,3)6;/h4,7H,1-3H3;1H. The van der Waals surface area contributed by atoms with Gasteiger partial charge in [-0.05, 0) is 20.8 Å². The Kier molecular flexibility index (Phi) is 5.03. The second-order valence-corrected chi connectivity index (χ2v) is 3.21. The lowest BCUT2D eigenvalue weighted by atomic mass is 10.1. The molecule has 0 amide bonds. The first-order valence-corrected chi connectivity index (χ1v) is 2.69. The fourth-order valence-electron chi connectivity index (χ4n) is 0. The Morgan fingerprint density at radius 1 is 1.50 bits per heavy atom. The number of aliphatic hydroxyl groups is 1. The molecule has 0 aliphatic rings. The van der Waals surface area contributed by atoms with E-state index < -0.39 is 11.0 Å². The molecule has 1 N–H and O–H groups in total. The molecule has 1 nitrogen and oxygen atoms in total. The molecule has 0 heterocycles. The minimum Gasteiger partial charge on any atom is -0.392 e. The van der Waals surface area contributed by atoms with Crippen molar-refractivity contribution in [2.45, 2.75) is 31.7 Å². The van der Waals surface area contributed by atoms with Crippen molar-refractivity contribution in [1.82, 2.24) is 0 Å². The van der Waals surface area contributed by atoms with Crippen molar-refractivity contribution in [3.8, 4) is 0 Å². The summed E-state index contributed by atoms with van der Waals surface area (Å²) in [5, 5.41) is 8.76. The van der Waals surface area contributed by atoms with Gasteiger partial charge in [0.15, 0.2) is 0 Å². The van der Waals surface area contributed by atoms with E-state index in [-0.39, 0.29) is 12.4 Å². The first-order chi connectivity index (χ1) is 2.94. The zero-order chi connectivity index (χ0) is 6.08. The molecular weight excluding hydrogens is 147 g/mol. The normalized spacial score (nSPS) is 14.6. The number of rotatable bonds is 1. The van der Waals surface area contributed by atoms with Crippen molar-refractivity contribution in [3.63, 3.8) is 0 Å². The number of aliphatic hydroxyl groups excluding tert-OH is 1. The molecule has 0 aliphatic heterocycles. The first-order valence-electron chi connectivity index (χ1n) is 2.31. The van der Waals surface area contributed by atoms with Gasteiger partial charge >= 0.3 is 0 Å². The van der Waals surface area contributed by atoms with E-state index in [2.05, 4.69) is 0 Å². The molecule has 8 heavy (non-hydrogen) atoms. The van der Waals surface area contributed by atoms with E-state index in [0.717, 1.165) is 0 Å². The summed E-state index contributed by atoms with van der Waals surface area (Å²) in [5.41, 5.74) is 0. The van der Waals surface area contributed by atoms with Crippen molar-refractivity contribution < 1.29 is 5.11 Å². The third kappa shape index (κ3) is 4.69. The Labute approximate surface area is 61.4 Å². The average molecular weight is 159 g/mol. The van der Waals surface area contributed by atoms with E-state index in [0.29, 0.717) is 0 Å². The fourth-order valence-corrected chi connectivity index (χ4v) is 0. The van der Waals surface area contributed by atoms with E-state index in [1.54, 1.807) is 20.8 Å². The largest absolute Gasteiger partial charge is 0.392 e. The van der Waals surface area contributed by atoms with Crippen LogP contribution < -0.4 is 0 Å². The lowest BCUT2D eigenvalue weighted by molar-refractivity contribution is 0.158. The molecule has 0 saturated carbocycles. The number of hydrogen-bond donors (Lipinski definition) is 1. The predicted octanol–water partition coefficient (Wildman–Crippen LogP) is 1.81. The van der Waals surface area contributed by atoms with Crippen LogP contribution in [0, 0.1) is 0 Å². The zero-order valence-corrected chi connectivity index (χ0v) is 6.88. The Balaban J connectivity index is 0. The lowest BCUT2D eigenvalue weighted by Crippen LogP contribution is -2.26. The van der Waals surface area contributed by atoms with Gasteiger partial charge in [0.1, 0.15) is 0 Å². The van der Waals surface area contributed by atoms with Crippen molar-refractivity contribution >= 4 is 24.0 Å². The summed E-state index contributed by atoms with van der Waals surface area (Å²) in [6.45, 7) is 5.23. The Hall–Kier alpha value is 0.540. The van der Waals surface area contributed by atoms with Gasteiger partial charge in [-0.15, -0.1) is 24.0 Å². The maximum absolute atomic E-state index is 8.76. The van der Waals surface area contributed by atoms with E-state index in [4.69, 9.17) is 16.7 Å². The van der Waals surface area contributed by atoms with Gasteiger partial charge in [0.05, 0.1) is 11.0 Å². The highest BCUT2D eigenvalue weighted by molar-refractivity contribution is 6.23. The third-order valence-electron chi connectivity index (χ3n) is 0.993. The molecule has 52 valence electrons. The first kappa shape index (κ1) is 11.4. The van der Waals surface area contributed by atoms with Gasteiger partial charge in [0, 0.05) is 0 Å². The Bertz CT molecular complexity index is 55.9. The average Bonchev–Trinajstić information content (AvgIpc) is 1.31. The summed E-state index contributed by atoms with van der Waals surface area (Å²) >= 11 is 5.62. The van der Waals surface area contributed by atoms with Gasteiger partial charge in [0.25, 0.3) is 0 Å². The Morgan fingerprint density at radius 3 is 1.62 bits per heavy atom. The van der Waals surface area contributed by atoms with Crippen molar-refractivity contribution in [3.05, 3.63) is 0 Å². The molecule has 3 heteroatoms. The maximum atomic E-state index is 8.76. The van der Waals surface area contributed by atoms with Crippen LogP contribution >= 0.6 is 24.0 Å². The molecule has 0 fully saturated rings. The maximum Gasteiger partial charge on any atom is 0.0698 e. The van der Waals surface area contributed by atoms with Crippen LogP contribution in [-0.4, -0.2) is 16.1 Å². The lowest BCUT2D eigenvalue weighted by Gasteiger charge is -2.18. The van der Waals surface area contributed by atoms with E-state index in [9.17, 15) is 0 Å². The molecule has 1 atom stereocenters. The molecule has 1 unspecified atom stereocenters. The van der Waals surface area contributed by atoms with Crippen LogP contribution in [0.1, 0.15) is 20.8 Å². The van der Waals surface area contributed by atoms with Crippen molar-refractivity contribution in [2.75, 3.05) is 0 Å². The van der Waals surface area contributed by atoms with Gasteiger partial charge in [-0.25, -0.2) is 0 Å². The molecule has 0 aromatic heterocycles. The van der Waals surface area contributed by atoms with Crippen LogP contribution in [-0.2, 0) is 0 Å². The monoisotopic (exact) mass is 158 g/mol. The molecule has 0 saturated heterocycles. The molecule has 0 aliphatic carbocycles. The topological polar surface area (TPSA) is 20.2 Å². The summed E-state index contributed by atoms with van der Waals surface area (Å²) in [6, 6.07) is 0. The quantitative estimate of drug-likeness (QED) is 0.578. The molecule has 0 radical (unpaired) electrons. The molecule has 0 aromatic rings. The number of hydrogen-bond acceptors (Lipinski definition) is 1. The van der Waals surface area contributed by atoms with Gasteiger partial charge in [0.2, 0.25) is 0 Å². The van der Waals surface area contributed by atoms with Crippen molar-refractivity contribution in [2.24, 2.45) is 0 Å². The number of alkyl halides is 1. The van der Waals surface area contributed by atoms with Gasteiger partial charge in [-0.1, -0.05) is 0 Å². The fraction of sp³-hybridized carbons (Fsp3) is 1.00. The Morgan fingerprint density at radius 2 is 1.62 bits per heavy atom. The minimum atomic E-state index is -0.472. The van der Waals surface area contributed by atoms with Gasteiger partial charge in [-0.2, -0.15) is 0 Å². The molecular formula is C5H12Cl2O. The predicted molar refractivity (Wildman–Crippen MR) is 38.9 cm³/mol. The molecule has 0 bridgehead atoms.